The Bertz CT molecular complexity index is 993. The number of hydrogen-bond donors (Lipinski definition) is 0. The van der Waals surface area contributed by atoms with E-state index in [4.69, 9.17) is 10.00 Å². The molecule has 3 aliphatic heterocycles. The molecule has 1 unspecified atom stereocenters. The second-order valence-electron chi connectivity index (χ2n) is 9.74. The summed E-state index contributed by atoms with van der Waals surface area (Å²) in [5, 5.41) is 9.06. The number of nitrogens with zero attached hydrogens (tertiary/aromatic N) is 4. The van der Waals surface area contributed by atoms with E-state index in [0.29, 0.717) is 64.3 Å². The minimum atomic E-state index is -4.60. The zero-order valence-corrected chi connectivity index (χ0v) is 19.9. The minimum absolute atomic E-state index is 0.00596. The quantitative estimate of drug-likeness (QED) is 0.630. The maximum Gasteiger partial charge on any atom is 0.417 e. The molecule has 3 fully saturated rings. The lowest BCUT2D eigenvalue weighted by molar-refractivity contribution is -0.145. The number of halogens is 3. The summed E-state index contributed by atoms with van der Waals surface area (Å²) < 4.78 is 45.6. The molecule has 0 N–H and O–H groups in total. The molecule has 1 atom stereocenters. The van der Waals surface area contributed by atoms with Gasteiger partial charge in [-0.2, -0.15) is 18.4 Å². The molecule has 0 bridgehead atoms. The highest BCUT2D eigenvalue weighted by molar-refractivity contribution is 5.89. The molecule has 7 nitrogen and oxygen atoms in total. The van der Waals surface area contributed by atoms with Crippen molar-refractivity contribution < 1.29 is 27.5 Å². The van der Waals surface area contributed by atoms with Crippen LogP contribution in [-0.2, 0) is 20.5 Å². The van der Waals surface area contributed by atoms with Crippen molar-refractivity contribution >= 4 is 17.5 Å². The molecular weight excluding hydrogens is 461 g/mol. The molecule has 1 spiro atoms. The number of nitriles is 1. The first-order chi connectivity index (χ1) is 16.7. The number of carbonyl (C=O) groups excluding carboxylic acids is 2. The highest BCUT2D eigenvalue weighted by Crippen LogP contribution is 2.45. The van der Waals surface area contributed by atoms with Crippen LogP contribution in [-0.4, -0.2) is 73.6 Å². The molecule has 1 aromatic rings. The van der Waals surface area contributed by atoms with Crippen LogP contribution in [0.25, 0.3) is 0 Å². The van der Waals surface area contributed by atoms with Crippen LogP contribution in [0.4, 0.5) is 18.9 Å². The van der Waals surface area contributed by atoms with E-state index in [1.165, 1.54) is 6.07 Å². The van der Waals surface area contributed by atoms with E-state index in [1.54, 1.807) is 17.0 Å². The van der Waals surface area contributed by atoms with E-state index in [0.717, 1.165) is 18.9 Å². The van der Waals surface area contributed by atoms with Gasteiger partial charge in [0.05, 0.1) is 17.2 Å². The maximum atomic E-state index is 13.4. The average molecular weight is 493 g/mol. The number of anilines is 1. The Balaban J connectivity index is 1.50. The third kappa shape index (κ3) is 5.25. The van der Waals surface area contributed by atoms with E-state index in [2.05, 4.69) is 0 Å². The van der Waals surface area contributed by atoms with E-state index < -0.39 is 23.3 Å². The van der Waals surface area contributed by atoms with Crippen LogP contribution in [0.15, 0.2) is 18.2 Å². The van der Waals surface area contributed by atoms with E-state index in [1.807, 2.05) is 16.7 Å². The van der Waals surface area contributed by atoms with Gasteiger partial charge in [0.1, 0.15) is 12.6 Å². The third-order valence-electron chi connectivity index (χ3n) is 7.58. The zero-order chi connectivity index (χ0) is 25.2. The zero-order valence-electron chi connectivity index (χ0n) is 19.9. The summed E-state index contributed by atoms with van der Waals surface area (Å²) >= 11 is 0. The van der Waals surface area contributed by atoms with Crippen LogP contribution in [0.3, 0.4) is 0 Å². The summed E-state index contributed by atoms with van der Waals surface area (Å²) in [5.41, 5.74) is -1.14. The van der Waals surface area contributed by atoms with Gasteiger partial charge in [0.15, 0.2) is 0 Å². The van der Waals surface area contributed by atoms with Crippen LogP contribution >= 0.6 is 0 Å². The van der Waals surface area contributed by atoms with Gasteiger partial charge in [0.25, 0.3) is 0 Å². The van der Waals surface area contributed by atoms with E-state index in [-0.39, 0.29) is 23.8 Å². The smallest absolute Gasteiger partial charge is 0.372 e. The number of piperidine rings is 1. The summed E-state index contributed by atoms with van der Waals surface area (Å²) in [4.78, 5) is 31.6. The standard InChI is InChI=1S/C25H31F3N4O3/c1-2-35-16-22(33)32-17-24(14-21(32)23(34)31-9-3-4-10-31)7-11-30(12-8-24)19-6-5-18(15-29)20(13-19)25(26,27)28/h5-6,13,21H,2-4,7-12,14,16-17H2,1H3. The van der Waals surface area contributed by atoms with Crippen LogP contribution in [0.2, 0.25) is 0 Å². The lowest BCUT2D eigenvalue weighted by Crippen LogP contribution is -2.48. The van der Waals surface area contributed by atoms with Gasteiger partial charge in [-0.1, -0.05) is 0 Å². The lowest BCUT2D eigenvalue weighted by atomic mass is 9.76. The average Bonchev–Trinajstić information content (AvgIpc) is 3.51. The third-order valence-corrected chi connectivity index (χ3v) is 7.58. The molecule has 3 aliphatic rings. The van der Waals surface area contributed by atoms with E-state index >= 15 is 0 Å². The van der Waals surface area contributed by atoms with Gasteiger partial charge in [0, 0.05) is 45.0 Å². The predicted molar refractivity (Wildman–Crippen MR) is 122 cm³/mol. The van der Waals surface area contributed by atoms with Gasteiger partial charge >= 0.3 is 6.18 Å². The molecule has 35 heavy (non-hydrogen) atoms. The van der Waals surface area contributed by atoms with Crippen molar-refractivity contribution in [2.45, 2.75) is 51.2 Å². The fraction of sp³-hybridized carbons (Fsp3) is 0.640. The SMILES string of the molecule is CCOCC(=O)N1CC2(CCN(c3ccc(C#N)c(C(F)(F)F)c3)CC2)CC1C(=O)N1CCCC1. The van der Waals surface area contributed by atoms with Crippen LogP contribution in [0.5, 0.6) is 0 Å². The van der Waals surface area contributed by atoms with Crippen LogP contribution in [0, 0.1) is 16.7 Å². The first kappa shape index (κ1) is 25.3. The Morgan fingerprint density at radius 1 is 1.17 bits per heavy atom. The molecule has 2 amide bonds. The minimum Gasteiger partial charge on any atom is -0.372 e. The number of carbonyl (C=O) groups is 2. The maximum absolute atomic E-state index is 13.4. The molecule has 0 saturated carbocycles. The molecule has 10 heteroatoms. The van der Waals surface area contributed by atoms with Gasteiger partial charge in [-0.05, 0) is 62.6 Å². The van der Waals surface area contributed by atoms with Crippen LogP contribution in [0.1, 0.15) is 50.2 Å². The largest absolute Gasteiger partial charge is 0.417 e. The van der Waals surface area contributed by atoms with Gasteiger partial charge in [0.2, 0.25) is 11.8 Å². The number of likely N-dealkylation sites (tertiary alicyclic amines) is 2. The van der Waals surface area contributed by atoms with Gasteiger partial charge in [-0.3, -0.25) is 9.59 Å². The Labute approximate surface area is 203 Å². The lowest BCUT2D eigenvalue weighted by Gasteiger charge is -2.40. The van der Waals surface area contributed by atoms with Gasteiger partial charge in [-0.25, -0.2) is 0 Å². The number of amides is 2. The summed E-state index contributed by atoms with van der Waals surface area (Å²) in [6.07, 6.45) is -0.775. The first-order valence-corrected chi connectivity index (χ1v) is 12.2. The van der Waals surface area contributed by atoms with Crippen molar-refractivity contribution in [2.75, 3.05) is 50.8 Å². The van der Waals surface area contributed by atoms with Crippen molar-refractivity contribution in [2.24, 2.45) is 5.41 Å². The highest BCUT2D eigenvalue weighted by Gasteiger charge is 2.50. The van der Waals surface area contributed by atoms with Crippen molar-refractivity contribution in [1.82, 2.24) is 9.80 Å². The Kier molecular flexibility index (Phi) is 7.27. The molecule has 0 aromatic heterocycles. The normalized spacial score (nSPS) is 22.0. The van der Waals surface area contributed by atoms with Crippen molar-refractivity contribution in [3.05, 3.63) is 29.3 Å². The number of ether oxygens (including phenoxy) is 1. The molecule has 3 saturated heterocycles. The summed E-state index contributed by atoms with van der Waals surface area (Å²) in [5.74, 6) is -0.195. The summed E-state index contributed by atoms with van der Waals surface area (Å²) in [6.45, 7) is 5.08. The topological polar surface area (TPSA) is 76.9 Å². The van der Waals surface area contributed by atoms with Crippen LogP contribution < -0.4 is 4.90 Å². The molecule has 190 valence electrons. The number of benzene rings is 1. The Morgan fingerprint density at radius 2 is 1.86 bits per heavy atom. The fourth-order valence-corrected chi connectivity index (χ4v) is 5.62. The number of hydrogen-bond acceptors (Lipinski definition) is 5. The van der Waals surface area contributed by atoms with Gasteiger partial charge < -0.3 is 19.4 Å². The predicted octanol–water partition coefficient (Wildman–Crippen LogP) is 3.42. The molecule has 0 radical (unpaired) electrons. The Hall–Kier alpha value is -2.80. The van der Waals surface area contributed by atoms with Crippen molar-refractivity contribution in [1.29, 1.82) is 5.26 Å². The second-order valence-corrected chi connectivity index (χ2v) is 9.74. The van der Waals surface area contributed by atoms with E-state index in [9.17, 15) is 22.8 Å². The second kappa shape index (κ2) is 10.1. The molecule has 3 heterocycles. The number of alkyl halides is 3. The molecule has 1 aromatic carbocycles. The first-order valence-electron chi connectivity index (χ1n) is 12.2. The fourth-order valence-electron chi connectivity index (χ4n) is 5.62. The monoisotopic (exact) mass is 492 g/mol. The van der Waals surface area contributed by atoms with Crippen molar-refractivity contribution in [3.63, 3.8) is 0 Å². The Morgan fingerprint density at radius 3 is 2.46 bits per heavy atom. The van der Waals surface area contributed by atoms with Gasteiger partial charge in [-0.15, -0.1) is 0 Å². The number of rotatable bonds is 5. The summed E-state index contributed by atoms with van der Waals surface area (Å²) in [7, 11) is 0. The molecule has 0 aliphatic carbocycles. The summed E-state index contributed by atoms with van der Waals surface area (Å²) in [6, 6.07) is 4.92. The molecular formula is C25H31F3N4O3. The molecule has 4 rings (SSSR count). The van der Waals surface area contributed by atoms with Crippen molar-refractivity contribution in [3.8, 4) is 6.07 Å². The highest BCUT2D eigenvalue weighted by atomic mass is 19.4.